The lowest BCUT2D eigenvalue weighted by molar-refractivity contribution is -0.118. The molecule has 0 aromatic heterocycles. The van der Waals surface area contributed by atoms with E-state index >= 15 is 0 Å². The van der Waals surface area contributed by atoms with Gasteiger partial charge < -0.3 is 10.1 Å². The molecule has 128 valence electrons. The Morgan fingerprint density at radius 3 is 2.17 bits per heavy atom. The largest absolute Gasteiger partial charge is 0.484 e. The molecule has 0 heterocycles. The highest BCUT2D eigenvalue weighted by Gasteiger charge is 2.17. The number of carbonyl (C=O) groups is 1. The second-order valence-electron chi connectivity index (χ2n) is 6.98. The molecule has 24 heavy (non-hydrogen) atoms. The van der Waals surface area contributed by atoms with E-state index in [1.54, 1.807) is 0 Å². The van der Waals surface area contributed by atoms with Crippen LogP contribution in [0.25, 0.3) is 0 Å². The van der Waals surface area contributed by atoms with Gasteiger partial charge in [-0.25, -0.2) is 0 Å². The van der Waals surface area contributed by atoms with Crippen molar-refractivity contribution < 1.29 is 9.53 Å². The maximum atomic E-state index is 12.0. The molecule has 0 aliphatic rings. The van der Waals surface area contributed by atoms with Crippen molar-refractivity contribution in [2.45, 2.75) is 46.5 Å². The maximum absolute atomic E-state index is 12.0. The van der Waals surface area contributed by atoms with Crippen LogP contribution in [0.2, 0.25) is 0 Å². The van der Waals surface area contributed by atoms with Crippen LogP contribution in [0.4, 0.5) is 5.69 Å². The van der Waals surface area contributed by atoms with E-state index < -0.39 is 0 Å². The number of benzene rings is 2. The molecule has 0 saturated heterocycles. The first-order valence-corrected chi connectivity index (χ1v) is 8.41. The molecule has 0 fully saturated rings. The zero-order valence-corrected chi connectivity index (χ0v) is 15.3. The van der Waals surface area contributed by atoms with Crippen molar-refractivity contribution in [3.63, 3.8) is 0 Å². The fourth-order valence-electron chi connectivity index (χ4n) is 2.60. The molecule has 2 aromatic carbocycles. The highest BCUT2D eigenvalue weighted by molar-refractivity contribution is 5.92. The van der Waals surface area contributed by atoms with Crippen molar-refractivity contribution in [3.05, 3.63) is 59.2 Å². The van der Waals surface area contributed by atoms with Crippen molar-refractivity contribution in [1.82, 2.24) is 0 Å². The third-order valence-electron chi connectivity index (χ3n) is 4.40. The molecule has 1 N–H and O–H groups in total. The average Bonchev–Trinajstić information content (AvgIpc) is 2.52. The van der Waals surface area contributed by atoms with E-state index in [1.165, 1.54) is 5.56 Å². The normalized spacial score (nSPS) is 11.2. The van der Waals surface area contributed by atoms with Crippen LogP contribution in [-0.2, 0) is 10.2 Å². The van der Waals surface area contributed by atoms with Crippen molar-refractivity contribution in [1.29, 1.82) is 0 Å². The zero-order chi connectivity index (χ0) is 17.7. The van der Waals surface area contributed by atoms with Gasteiger partial charge in [0.05, 0.1) is 0 Å². The molecular weight excluding hydrogens is 298 g/mol. The molecule has 0 aliphatic carbocycles. The Kier molecular flexibility index (Phi) is 5.66. The number of aryl methyl sites for hydroxylation is 2. The Morgan fingerprint density at radius 1 is 1.04 bits per heavy atom. The lowest BCUT2D eigenvalue weighted by atomic mass is 9.82. The quantitative estimate of drug-likeness (QED) is 0.811. The molecule has 2 aromatic rings. The first-order chi connectivity index (χ1) is 11.3. The fraction of sp³-hybridized carbons (Fsp3) is 0.381. The summed E-state index contributed by atoms with van der Waals surface area (Å²) in [6.07, 6.45) is 1.07. The monoisotopic (exact) mass is 325 g/mol. The predicted octanol–water partition coefficient (Wildman–Crippen LogP) is 5.01. The molecule has 0 aliphatic heterocycles. The predicted molar refractivity (Wildman–Crippen MR) is 99.8 cm³/mol. The minimum atomic E-state index is -0.155. The molecule has 0 spiro atoms. The van der Waals surface area contributed by atoms with E-state index in [4.69, 9.17) is 4.74 Å². The Bertz CT molecular complexity index is 682. The number of carbonyl (C=O) groups excluding carboxylic acids is 1. The molecule has 0 saturated carbocycles. The summed E-state index contributed by atoms with van der Waals surface area (Å²) in [6.45, 7) is 10.7. The van der Waals surface area contributed by atoms with Gasteiger partial charge in [0.15, 0.2) is 6.61 Å². The Hall–Kier alpha value is -2.29. The van der Waals surface area contributed by atoms with Crippen LogP contribution in [0.15, 0.2) is 42.5 Å². The molecule has 1 amide bonds. The van der Waals surface area contributed by atoms with Crippen molar-refractivity contribution in [2.75, 3.05) is 11.9 Å². The average molecular weight is 325 g/mol. The van der Waals surface area contributed by atoms with Crippen molar-refractivity contribution in [3.8, 4) is 5.75 Å². The molecule has 0 atom stereocenters. The molecule has 0 bridgehead atoms. The molecule has 2 rings (SSSR count). The van der Waals surface area contributed by atoms with Gasteiger partial charge >= 0.3 is 0 Å². The number of nitrogens with one attached hydrogen (secondary N) is 1. The number of amides is 1. The first-order valence-electron chi connectivity index (χ1n) is 8.41. The van der Waals surface area contributed by atoms with Crippen LogP contribution in [-0.4, -0.2) is 12.5 Å². The summed E-state index contributed by atoms with van der Waals surface area (Å²) >= 11 is 0. The van der Waals surface area contributed by atoms with Gasteiger partial charge in [-0.05, 0) is 66.6 Å². The van der Waals surface area contributed by atoms with Crippen molar-refractivity contribution in [2.24, 2.45) is 0 Å². The summed E-state index contributed by atoms with van der Waals surface area (Å²) < 4.78 is 5.59. The number of hydrogen-bond donors (Lipinski definition) is 1. The highest BCUT2D eigenvalue weighted by Crippen LogP contribution is 2.28. The summed E-state index contributed by atoms with van der Waals surface area (Å²) in [7, 11) is 0. The van der Waals surface area contributed by atoms with E-state index in [0.29, 0.717) is 5.75 Å². The topological polar surface area (TPSA) is 38.3 Å². The van der Waals surface area contributed by atoms with Gasteiger partial charge in [-0.1, -0.05) is 39.0 Å². The third-order valence-corrected chi connectivity index (χ3v) is 4.40. The third kappa shape index (κ3) is 4.85. The maximum Gasteiger partial charge on any atom is 0.262 e. The van der Waals surface area contributed by atoms with Crippen LogP contribution >= 0.6 is 0 Å². The number of hydrogen-bond acceptors (Lipinski definition) is 2. The minimum Gasteiger partial charge on any atom is -0.484 e. The van der Waals surface area contributed by atoms with Crippen LogP contribution in [0.1, 0.15) is 43.9 Å². The number of rotatable bonds is 6. The SMILES string of the molecule is CCC(C)(C)c1ccc(OCC(=O)Nc2cc(C)cc(C)c2)cc1. The molecule has 0 unspecified atom stereocenters. The van der Waals surface area contributed by atoms with Crippen LogP contribution in [0.3, 0.4) is 0 Å². The summed E-state index contributed by atoms with van der Waals surface area (Å²) in [6, 6.07) is 14.0. The van der Waals surface area contributed by atoms with Gasteiger partial charge in [0.1, 0.15) is 5.75 Å². The smallest absolute Gasteiger partial charge is 0.262 e. The van der Waals surface area contributed by atoms with E-state index in [1.807, 2.05) is 38.1 Å². The van der Waals surface area contributed by atoms with E-state index in [2.05, 4.69) is 44.3 Å². The second-order valence-corrected chi connectivity index (χ2v) is 6.98. The van der Waals surface area contributed by atoms with Gasteiger partial charge in [-0.15, -0.1) is 0 Å². The van der Waals surface area contributed by atoms with Gasteiger partial charge in [0.25, 0.3) is 5.91 Å². The van der Waals surface area contributed by atoms with E-state index in [9.17, 15) is 4.79 Å². The van der Waals surface area contributed by atoms with Crippen LogP contribution < -0.4 is 10.1 Å². The second kappa shape index (κ2) is 7.52. The molecule has 0 radical (unpaired) electrons. The van der Waals surface area contributed by atoms with E-state index in [0.717, 1.165) is 23.2 Å². The van der Waals surface area contributed by atoms with Gasteiger partial charge in [-0.2, -0.15) is 0 Å². The number of anilines is 1. The van der Waals surface area contributed by atoms with Gasteiger partial charge in [0, 0.05) is 5.69 Å². The standard InChI is InChI=1S/C21H27NO2/c1-6-21(4,5)17-7-9-19(10-8-17)24-14-20(23)22-18-12-15(2)11-16(3)13-18/h7-13H,6,14H2,1-5H3,(H,22,23). The molecule has 3 nitrogen and oxygen atoms in total. The van der Waals surface area contributed by atoms with Gasteiger partial charge in [0.2, 0.25) is 0 Å². The number of ether oxygens (including phenoxy) is 1. The lowest BCUT2D eigenvalue weighted by Gasteiger charge is -2.23. The minimum absolute atomic E-state index is 0.00348. The molecular formula is C21H27NO2. The fourth-order valence-corrected chi connectivity index (χ4v) is 2.60. The van der Waals surface area contributed by atoms with Crippen molar-refractivity contribution >= 4 is 11.6 Å². The summed E-state index contributed by atoms with van der Waals surface area (Å²) in [4.78, 5) is 12.0. The summed E-state index contributed by atoms with van der Waals surface area (Å²) in [5.74, 6) is 0.555. The zero-order valence-electron chi connectivity index (χ0n) is 15.3. The summed E-state index contributed by atoms with van der Waals surface area (Å²) in [5, 5.41) is 2.87. The Morgan fingerprint density at radius 2 is 1.62 bits per heavy atom. The van der Waals surface area contributed by atoms with Crippen LogP contribution in [0, 0.1) is 13.8 Å². The van der Waals surface area contributed by atoms with Gasteiger partial charge in [-0.3, -0.25) is 4.79 Å². The lowest BCUT2D eigenvalue weighted by Crippen LogP contribution is -2.20. The highest BCUT2D eigenvalue weighted by atomic mass is 16.5. The van der Waals surface area contributed by atoms with E-state index in [-0.39, 0.29) is 17.9 Å². The first kappa shape index (κ1) is 18.1. The Balaban J connectivity index is 1.92. The Labute approximate surface area is 145 Å². The summed E-state index contributed by atoms with van der Waals surface area (Å²) in [5.41, 5.74) is 4.48. The molecule has 3 heteroatoms. The van der Waals surface area contributed by atoms with Crippen LogP contribution in [0.5, 0.6) is 5.75 Å².